The predicted molar refractivity (Wildman–Crippen MR) is 108 cm³/mol. The lowest BCUT2D eigenvalue weighted by Crippen LogP contribution is -2.41. The van der Waals surface area contributed by atoms with Crippen LogP contribution in [-0.2, 0) is 11.3 Å². The molecule has 2 aliphatic heterocycles. The summed E-state index contributed by atoms with van der Waals surface area (Å²) in [5.74, 6) is 0.260. The molecule has 2 saturated heterocycles. The van der Waals surface area contributed by atoms with Crippen molar-refractivity contribution in [3.8, 4) is 0 Å². The maximum absolute atomic E-state index is 13.6. The number of nitrogens with zero attached hydrogens (tertiary/aromatic N) is 3. The van der Waals surface area contributed by atoms with Gasteiger partial charge in [-0.05, 0) is 49.4 Å². The van der Waals surface area contributed by atoms with Crippen LogP contribution in [-0.4, -0.2) is 51.5 Å². The molecule has 0 spiro atoms. The molecule has 0 unspecified atom stereocenters. The molecule has 1 aromatic carbocycles. The van der Waals surface area contributed by atoms with E-state index < -0.39 is 0 Å². The fraction of sp³-hybridized carbons (Fsp3) is 0.478. The summed E-state index contributed by atoms with van der Waals surface area (Å²) in [7, 11) is 0. The van der Waals surface area contributed by atoms with Crippen molar-refractivity contribution in [1.29, 1.82) is 0 Å². The number of pyridine rings is 1. The third-order valence-electron chi connectivity index (χ3n) is 6.18. The topological polar surface area (TPSA) is 56.7 Å². The molecule has 4 rings (SSSR count). The van der Waals surface area contributed by atoms with E-state index in [1.165, 1.54) is 5.56 Å². The Kier molecular flexibility index (Phi) is 6.03. The molecule has 0 aliphatic carbocycles. The number of fused-ring (bicyclic) bond motifs is 1. The summed E-state index contributed by atoms with van der Waals surface area (Å²) in [6, 6.07) is 15.2. The summed E-state index contributed by atoms with van der Waals surface area (Å²) < 4.78 is 0. The molecule has 0 radical (unpaired) electrons. The van der Waals surface area contributed by atoms with Crippen LogP contribution >= 0.6 is 0 Å². The number of hydrogen-bond acceptors (Lipinski definition) is 4. The average Bonchev–Trinajstić information content (AvgIpc) is 3.35. The molecule has 3 atom stereocenters. The highest BCUT2D eigenvalue weighted by molar-refractivity contribution is 5.80. The van der Waals surface area contributed by atoms with Gasteiger partial charge in [0.15, 0.2) is 0 Å². The van der Waals surface area contributed by atoms with Crippen LogP contribution in [0.2, 0.25) is 0 Å². The van der Waals surface area contributed by atoms with Crippen molar-refractivity contribution in [1.82, 2.24) is 14.8 Å². The van der Waals surface area contributed by atoms with E-state index in [4.69, 9.17) is 0 Å². The van der Waals surface area contributed by atoms with E-state index in [2.05, 4.69) is 34.1 Å². The Morgan fingerprint density at radius 1 is 1.21 bits per heavy atom. The quantitative estimate of drug-likeness (QED) is 0.803. The maximum Gasteiger partial charge on any atom is 0.227 e. The van der Waals surface area contributed by atoms with Crippen LogP contribution < -0.4 is 0 Å². The van der Waals surface area contributed by atoms with Crippen LogP contribution in [0.5, 0.6) is 0 Å². The number of amides is 1. The maximum atomic E-state index is 13.6. The van der Waals surface area contributed by atoms with E-state index in [1.54, 1.807) is 6.20 Å². The van der Waals surface area contributed by atoms with Gasteiger partial charge in [0, 0.05) is 44.2 Å². The molecule has 5 nitrogen and oxygen atoms in total. The van der Waals surface area contributed by atoms with Crippen LogP contribution in [0.4, 0.5) is 0 Å². The minimum absolute atomic E-state index is 0.0306. The molecule has 0 bridgehead atoms. The van der Waals surface area contributed by atoms with Crippen molar-refractivity contribution in [3.05, 3.63) is 66.0 Å². The van der Waals surface area contributed by atoms with Gasteiger partial charge < -0.3 is 10.0 Å². The first kappa shape index (κ1) is 19.1. The van der Waals surface area contributed by atoms with Crippen molar-refractivity contribution in [3.63, 3.8) is 0 Å². The minimum atomic E-state index is 0.0306. The van der Waals surface area contributed by atoms with Crippen LogP contribution in [0.1, 0.15) is 42.9 Å². The predicted octanol–water partition coefficient (Wildman–Crippen LogP) is 3.02. The van der Waals surface area contributed by atoms with Gasteiger partial charge in [0.1, 0.15) is 0 Å². The summed E-state index contributed by atoms with van der Waals surface area (Å²) in [4.78, 5) is 22.2. The van der Waals surface area contributed by atoms with Crippen molar-refractivity contribution >= 4 is 5.91 Å². The van der Waals surface area contributed by atoms with Gasteiger partial charge in [-0.25, -0.2) is 0 Å². The molecule has 0 saturated carbocycles. The van der Waals surface area contributed by atoms with E-state index in [-0.39, 0.29) is 18.4 Å². The minimum Gasteiger partial charge on any atom is -0.396 e. The number of benzene rings is 1. The third-order valence-corrected chi connectivity index (χ3v) is 6.18. The SMILES string of the molecule is O=C([C@H]1C[C@@H](c2ccccc2)N2CCC[C@H]12)N(CCCO)Cc1cccnc1. The number of rotatable bonds is 7. The van der Waals surface area contributed by atoms with Crippen LogP contribution in [0.3, 0.4) is 0 Å². The van der Waals surface area contributed by atoms with Crippen molar-refractivity contribution < 1.29 is 9.90 Å². The summed E-state index contributed by atoms with van der Waals surface area (Å²) in [5, 5.41) is 9.31. The zero-order valence-corrected chi connectivity index (χ0v) is 16.3. The van der Waals surface area contributed by atoms with Crippen LogP contribution in [0, 0.1) is 5.92 Å². The second kappa shape index (κ2) is 8.84. The Morgan fingerprint density at radius 3 is 2.82 bits per heavy atom. The highest BCUT2D eigenvalue weighted by atomic mass is 16.3. The van der Waals surface area contributed by atoms with Crippen LogP contribution in [0.25, 0.3) is 0 Å². The Bertz CT molecular complexity index is 768. The Morgan fingerprint density at radius 2 is 2.07 bits per heavy atom. The molecule has 2 fully saturated rings. The molecule has 1 N–H and O–H groups in total. The van der Waals surface area contributed by atoms with E-state index in [0.717, 1.165) is 31.4 Å². The molecule has 28 heavy (non-hydrogen) atoms. The number of aromatic nitrogens is 1. The molecule has 148 valence electrons. The fourth-order valence-corrected chi connectivity index (χ4v) is 4.91. The fourth-order valence-electron chi connectivity index (χ4n) is 4.91. The lowest BCUT2D eigenvalue weighted by atomic mass is 9.93. The highest BCUT2D eigenvalue weighted by Gasteiger charge is 2.48. The zero-order valence-electron chi connectivity index (χ0n) is 16.3. The van der Waals surface area contributed by atoms with Gasteiger partial charge in [0.2, 0.25) is 5.91 Å². The smallest absolute Gasteiger partial charge is 0.227 e. The molecule has 5 heteroatoms. The second-order valence-electron chi connectivity index (χ2n) is 7.91. The van der Waals surface area contributed by atoms with Crippen molar-refractivity contribution in [2.45, 2.75) is 44.3 Å². The number of aliphatic hydroxyl groups excluding tert-OH is 1. The third kappa shape index (κ3) is 3.96. The van der Waals surface area contributed by atoms with Gasteiger partial charge in [0.25, 0.3) is 0 Å². The summed E-state index contributed by atoms with van der Waals surface area (Å²) in [5.41, 5.74) is 2.36. The van der Waals surface area contributed by atoms with Crippen molar-refractivity contribution in [2.75, 3.05) is 19.7 Å². The number of aliphatic hydroxyl groups is 1. The van der Waals surface area contributed by atoms with Gasteiger partial charge in [-0.3, -0.25) is 14.7 Å². The number of hydrogen-bond donors (Lipinski definition) is 1. The first-order chi connectivity index (χ1) is 13.8. The zero-order chi connectivity index (χ0) is 19.3. The van der Waals surface area contributed by atoms with E-state index in [9.17, 15) is 9.90 Å². The van der Waals surface area contributed by atoms with E-state index >= 15 is 0 Å². The van der Waals surface area contributed by atoms with Crippen LogP contribution in [0.15, 0.2) is 54.9 Å². The normalized spacial score (nSPS) is 24.2. The largest absolute Gasteiger partial charge is 0.396 e. The monoisotopic (exact) mass is 379 g/mol. The molecule has 2 aliphatic rings. The Hall–Kier alpha value is -2.24. The van der Waals surface area contributed by atoms with Gasteiger partial charge in [-0.1, -0.05) is 36.4 Å². The molecular formula is C23H29N3O2. The highest BCUT2D eigenvalue weighted by Crippen LogP contribution is 2.45. The summed E-state index contributed by atoms with van der Waals surface area (Å²) in [6.07, 6.45) is 7.33. The van der Waals surface area contributed by atoms with Gasteiger partial charge in [-0.15, -0.1) is 0 Å². The van der Waals surface area contributed by atoms with Crippen molar-refractivity contribution in [2.24, 2.45) is 5.92 Å². The Balaban J connectivity index is 1.54. The Labute approximate surface area is 167 Å². The standard InChI is InChI=1S/C23H29N3O2/c27-14-6-12-25(17-18-7-4-11-24-16-18)23(28)20-15-22(19-8-2-1-3-9-19)26-13-5-10-21(20)26/h1-4,7-9,11,16,20-22,27H,5-6,10,12-15,17H2/t20-,21+,22-/m0/s1. The van der Waals surface area contributed by atoms with E-state index in [1.807, 2.05) is 29.3 Å². The molecule has 1 amide bonds. The summed E-state index contributed by atoms with van der Waals surface area (Å²) >= 11 is 0. The first-order valence-electron chi connectivity index (χ1n) is 10.4. The first-order valence-corrected chi connectivity index (χ1v) is 10.4. The molecule has 1 aromatic heterocycles. The lowest BCUT2D eigenvalue weighted by molar-refractivity contribution is -0.137. The number of carbonyl (C=O) groups is 1. The average molecular weight is 380 g/mol. The van der Waals surface area contributed by atoms with Gasteiger partial charge in [0.05, 0.1) is 5.92 Å². The molecular weight excluding hydrogens is 350 g/mol. The molecule has 3 heterocycles. The second-order valence-corrected chi connectivity index (χ2v) is 7.91. The summed E-state index contributed by atoms with van der Waals surface area (Å²) in [6.45, 7) is 2.33. The van der Waals surface area contributed by atoms with Gasteiger partial charge >= 0.3 is 0 Å². The molecule has 2 aromatic rings. The van der Waals surface area contributed by atoms with Gasteiger partial charge in [-0.2, -0.15) is 0 Å². The number of carbonyl (C=O) groups excluding carboxylic acids is 1. The van der Waals surface area contributed by atoms with E-state index in [0.29, 0.717) is 31.6 Å². The lowest BCUT2D eigenvalue weighted by Gasteiger charge is -2.28.